The molecule has 1 heterocycles. The molecule has 1 aromatic carbocycles. The fourth-order valence-electron chi connectivity index (χ4n) is 1.57. The van der Waals surface area contributed by atoms with Crippen LogP contribution in [-0.2, 0) is 6.54 Å². The largest absolute Gasteiger partial charge is 0.491 e. The van der Waals surface area contributed by atoms with Crippen LogP contribution in [0.1, 0.15) is 5.69 Å². The van der Waals surface area contributed by atoms with Gasteiger partial charge in [-0.05, 0) is 34.1 Å². The van der Waals surface area contributed by atoms with Gasteiger partial charge in [0, 0.05) is 25.4 Å². The molecule has 0 unspecified atom stereocenters. The molecule has 2 aromatic rings. The second-order valence-electron chi connectivity index (χ2n) is 4.04. The molecule has 0 bridgehead atoms. The molecule has 0 aliphatic heterocycles. The first-order chi connectivity index (χ1) is 9.66. The van der Waals surface area contributed by atoms with Crippen molar-refractivity contribution in [1.82, 2.24) is 10.3 Å². The lowest BCUT2D eigenvalue weighted by Gasteiger charge is -2.09. The van der Waals surface area contributed by atoms with E-state index in [0.717, 1.165) is 5.69 Å². The van der Waals surface area contributed by atoms with Crippen LogP contribution in [0.25, 0.3) is 0 Å². The summed E-state index contributed by atoms with van der Waals surface area (Å²) < 4.78 is 19.4. The smallest absolute Gasteiger partial charge is 0.145 e. The van der Waals surface area contributed by atoms with Crippen LogP contribution in [0.2, 0.25) is 5.02 Å². The van der Waals surface area contributed by atoms with Crippen LogP contribution < -0.4 is 10.1 Å². The Labute approximate surface area is 130 Å². The van der Waals surface area contributed by atoms with E-state index in [-0.39, 0.29) is 5.02 Å². The first-order valence-electron chi connectivity index (χ1n) is 6.05. The van der Waals surface area contributed by atoms with Crippen molar-refractivity contribution in [3.05, 3.63) is 57.5 Å². The van der Waals surface area contributed by atoms with Crippen molar-refractivity contribution >= 4 is 27.5 Å². The van der Waals surface area contributed by atoms with Crippen LogP contribution >= 0.6 is 27.5 Å². The zero-order valence-corrected chi connectivity index (χ0v) is 12.9. The third kappa shape index (κ3) is 4.44. The summed E-state index contributed by atoms with van der Waals surface area (Å²) in [5.74, 6) is -0.0575. The molecule has 0 fully saturated rings. The van der Waals surface area contributed by atoms with E-state index in [9.17, 15) is 4.39 Å². The Kier molecular flexibility index (Phi) is 5.76. The third-order valence-electron chi connectivity index (χ3n) is 2.54. The number of nitrogens with zero attached hydrogens (tertiary/aromatic N) is 1. The van der Waals surface area contributed by atoms with Gasteiger partial charge in [0.05, 0.1) is 15.2 Å². The number of benzene rings is 1. The highest BCUT2D eigenvalue weighted by Gasteiger charge is 2.07. The zero-order valence-electron chi connectivity index (χ0n) is 10.6. The second kappa shape index (κ2) is 7.57. The summed E-state index contributed by atoms with van der Waals surface area (Å²) in [6.07, 6.45) is 1.75. The zero-order chi connectivity index (χ0) is 14.4. The predicted molar refractivity (Wildman–Crippen MR) is 80.5 cm³/mol. The van der Waals surface area contributed by atoms with Gasteiger partial charge in [0.25, 0.3) is 0 Å². The summed E-state index contributed by atoms with van der Waals surface area (Å²) >= 11 is 8.94. The Bertz CT molecular complexity index is 569. The second-order valence-corrected chi connectivity index (χ2v) is 5.30. The van der Waals surface area contributed by atoms with Crippen molar-refractivity contribution in [2.75, 3.05) is 13.2 Å². The van der Waals surface area contributed by atoms with Gasteiger partial charge in [0.1, 0.15) is 18.2 Å². The normalized spacial score (nSPS) is 10.6. The van der Waals surface area contributed by atoms with Crippen molar-refractivity contribution in [3.8, 4) is 5.75 Å². The Hall–Kier alpha value is -1.17. The van der Waals surface area contributed by atoms with Gasteiger partial charge >= 0.3 is 0 Å². The van der Waals surface area contributed by atoms with Gasteiger partial charge < -0.3 is 10.1 Å². The van der Waals surface area contributed by atoms with Crippen molar-refractivity contribution in [1.29, 1.82) is 0 Å². The molecule has 0 saturated carbocycles. The highest BCUT2D eigenvalue weighted by atomic mass is 79.9. The monoisotopic (exact) mass is 358 g/mol. The quantitative estimate of drug-likeness (QED) is 0.629. The van der Waals surface area contributed by atoms with Crippen LogP contribution in [0.5, 0.6) is 5.75 Å². The average molecular weight is 360 g/mol. The summed E-state index contributed by atoms with van der Waals surface area (Å²) in [6.45, 7) is 1.72. The molecule has 0 amide bonds. The van der Waals surface area contributed by atoms with E-state index in [1.807, 2.05) is 18.2 Å². The summed E-state index contributed by atoms with van der Waals surface area (Å²) in [4.78, 5) is 4.19. The Morgan fingerprint density at radius 2 is 2.20 bits per heavy atom. The number of rotatable bonds is 6. The van der Waals surface area contributed by atoms with E-state index in [0.29, 0.717) is 29.9 Å². The van der Waals surface area contributed by atoms with Gasteiger partial charge in [-0.2, -0.15) is 0 Å². The van der Waals surface area contributed by atoms with Gasteiger partial charge in [0.15, 0.2) is 0 Å². The van der Waals surface area contributed by atoms with Crippen molar-refractivity contribution in [2.24, 2.45) is 0 Å². The minimum atomic E-state index is -0.494. The molecule has 0 saturated heterocycles. The van der Waals surface area contributed by atoms with Gasteiger partial charge in [-0.3, -0.25) is 4.98 Å². The highest BCUT2D eigenvalue weighted by Crippen LogP contribution is 2.30. The first-order valence-corrected chi connectivity index (χ1v) is 7.22. The van der Waals surface area contributed by atoms with E-state index in [2.05, 4.69) is 26.2 Å². The molecular weight excluding hydrogens is 347 g/mol. The number of pyridine rings is 1. The molecule has 2 rings (SSSR count). The Balaban J connectivity index is 1.75. The van der Waals surface area contributed by atoms with Crippen LogP contribution in [0.3, 0.4) is 0 Å². The van der Waals surface area contributed by atoms with E-state index in [1.54, 1.807) is 6.20 Å². The van der Waals surface area contributed by atoms with E-state index in [4.69, 9.17) is 16.3 Å². The molecular formula is C14H13BrClFN2O. The fraction of sp³-hybridized carbons (Fsp3) is 0.214. The summed E-state index contributed by atoms with van der Waals surface area (Å²) in [6, 6.07) is 8.51. The Morgan fingerprint density at radius 1 is 1.35 bits per heavy atom. The maximum atomic E-state index is 13.3. The number of hydrogen-bond donors (Lipinski definition) is 1. The van der Waals surface area contributed by atoms with Crippen LogP contribution in [-0.4, -0.2) is 18.1 Å². The molecule has 6 heteroatoms. The van der Waals surface area contributed by atoms with Crippen LogP contribution in [0.15, 0.2) is 41.0 Å². The van der Waals surface area contributed by atoms with Gasteiger partial charge in [-0.1, -0.05) is 17.7 Å². The van der Waals surface area contributed by atoms with Gasteiger partial charge in [-0.15, -0.1) is 0 Å². The highest BCUT2D eigenvalue weighted by molar-refractivity contribution is 9.10. The topological polar surface area (TPSA) is 34.1 Å². The van der Waals surface area contributed by atoms with Crippen molar-refractivity contribution in [2.45, 2.75) is 6.54 Å². The predicted octanol–water partition coefficient (Wildman–Crippen LogP) is 3.81. The minimum absolute atomic E-state index is 0.0671. The minimum Gasteiger partial charge on any atom is -0.491 e. The number of hydrogen-bond acceptors (Lipinski definition) is 3. The number of aromatic nitrogens is 1. The maximum Gasteiger partial charge on any atom is 0.145 e. The van der Waals surface area contributed by atoms with E-state index >= 15 is 0 Å². The SMILES string of the molecule is Fc1cc(OCCNCc2ccccn2)c(Br)cc1Cl. The summed E-state index contributed by atoms with van der Waals surface area (Å²) in [7, 11) is 0. The molecule has 1 aromatic heterocycles. The molecule has 0 spiro atoms. The Morgan fingerprint density at radius 3 is 2.95 bits per heavy atom. The number of nitrogens with one attached hydrogen (secondary N) is 1. The molecule has 106 valence electrons. The lowest BCUT2D eigenvalue weighted by atomic mass is 10.3. The molecule has 0 aliphatic rings. The van der Waals surface area contributed by atoms with Crippen molar-refractivity contribution < 1.29 is 9.13 Å². The fourth-order valence-corrected chi connectivity index (χ4v) is 2.32. The lowest BCUT2D eigenvalue weighted by molar-refractivity contribution is 0.310. The molecule has 3 nitrogen and oxygen atoms in total. The van der Waals surface area contributed by atoms with E-state index < -0.39 is 5.82 Å². The molecule has 20 heavy (non-hydrogen) atoms. The van der Waals surface area contributed by atoms with Crippen molar-refractivity contribution in [3.63, 3.8) is 0 Å². The number of halogens is 3. The van der Waals surface area contributed by atoms with Gasteiger partial charge in [-0.25, -0.2) is 4.39 Å². The molecule has 0 radical (unpaired) electrons. The van der Waals surface area contributed by atoms with Crippen LogP contribution in [0, 0.1) is 5.82 Å². The lowest BCUT2D eigenvalue weighted by Crippen LogP contribution is -2.21. The van der Waals surface area contributed by atoms with E-state index in [1.165, 1.54) is 12.1 Å². The molecule has 0 aliphatic carbocycles. The summed E-state index contributed by atoms with van der Waals surface area (Å²) in [5.41, 5.74) is 0.964. The van der Waals surface area contributed by atoms with Crippen LogP contribution in [0.4, 0.5) is 4.39 Å². The number of ether oxygens (including phenoxy) is 1. The summed E-state index contributed by atoms with van der Waals surface area (Å²) in [5, 5.41) is 3.26. The van der Waals surface area contributed by atoms with Gasteiger partial charge in [0.2, 0.25) is 0 Å². The third-order valence-corrected chi connectivity index (χ3v) is 3.45. The average Bonchev–Trinajstić information content (AvgIpc) is 2.45. The molecule has 1 N–H and O–H groups in total. The first kappa shape index (κ1) is 15.2. The standard InChI is InChI=1S/C14H13BrClFN2O/c15-11-7-12(16)13(17)8-14(11)20-6-5-18-9-10-3-1-2-4-19-10/h1-4,7-8,18H,5-6,9H2. The maximum absolute atomic E-state index is 13.3. The molecule has 0 atom stereocenters.